The Morgan fingerprint density at radius 2 is 1.50 bits per heavy atom. The molecule has 1 aromatic carbocycles. The molecule has 3 heteroatoms. The van der Waals surface area contributed by atoms with Gasteiger partial charge in [0.25, 0.3) is 0 Å². The molecule has 2 aliphatic carbocycles. The van der Waals surface area contributed by atoms with Crippen molar-refractivity contribution in [1.29, 1.82) is 5.26 Å². The van der Waals surface area contributed by atoms with Crippen molar-refractivity contribution >= 4 is 0 Å². The van der Waals surface area contributed by atoms with E-state index in [1.54, 1.807) is 12.1 Å². The van der Waals surface area contributed by atoms with Crippen molar-refractivity contribution in [3.05, 3.63) is 47.5 Å². The smallest absolute Gasteiger partial charge is 0.159 e. The molecule has 0 unspecified atom stereocenters. The maximum atomic E-state index is 13.4. The summed E-state index contributed by atoms with van der Waals surface area (Å²) < 4.78 is 26.5. The maximum Gasteiger partial charge on any atom is 0.159 e. The van der Waals surface area contributed by atoms with Gasteiger partial charge in [-0.25, -0.2) is 8.78 Å². The summed E-state index contributed by atoms with van der Waals surface area (Å²) in [5.41, 5.74) is 0.956. The van der Waals surface area contributed by atoms with E-state index in [1.807, 2.05) is 0 Å². The second-order valence-corrected chi connectivity index (χ2v) is 7.45. The monoisotopic (exact) mass is 329 g/mol. The van der Waals surface area contributed by atoms with E-state index in [0.717, 1.165) is 30.2 Å². The molecule has 128 valence electrons. The minimum absolute atomic E-state index is 0.381. The Bertz CT molecular complexity index is 615. The van der Waals surface area contributed by atoms with Gasteiger partial charge in [-0.3, -0.25) is 0 Å². The summed E-state index contributed by atoms with van der Waals surface area (Å²) in [6, 6.07) is 6.47. The second-order valence-electron chi connectivity index (χ2n) is 7.45. The SMILES string of the molecule is N#CC=C[C@H]1CC[C@H]([C@H]2CC[C@H](c3ccc(F)c(F)c3)CC2)CC1. The third-order valence-corrected chi connectivity index (χ3v) is 6.11. The lowest BCUT2D eigenvalue weighted by Crippen LogP contribution is -2.25. The topological polar surface area (TPSA) is 23.8 Å². The molecule has 0 atom stereocenters. The number of rotatable bonds is 3. The molecule has 2 fully saturated rings. The van der Waals surface area contributed by atoms with Crippen LogP contribution in [0.3, 0.4) is 0 Å². The minimum atomic E-state index is -0.755. The summed E-state index contributed by atoms with van der Waals surface area (Å²) in [5.74, 6) is 1.08. The van der Waals surface area contributed by atoms with Crippen molar-refractivity contribution < 1.29 is 8.78 Å². The van der Waals surface area contributed by atoms with Gasteiger partial charge in [-0.2, -0.15) is 5.26 Å². The van der Waals surface area contributed by atoms with Crippen LogP contribution in [-0.4, -0.2) is 0 Å². The Morgan fingerprint density at radius 3 is 2.08 bits per heavy atom. The van der Waals surface area contributed by atoms with Crippen molar-refractivity contribution in [1.82, 2.24) is 0 Å². The van der Waals surface area contributed by atoms with Crippen LogP contribution in [0.25, 0.3) is 0 Å². The lowest BCUT2D eigenvalue weighted by molar-refractivity contribution is 0.171. The first-order valence-electron chi connectivity index (χ1n) is 9.18. The van der Waals surface area contributed by atoms with Gasteiger partial charge in [-0.1, -0.05) is 12.1 Å². The average molecular weight is 329 g/mol. The Hall–Kier alpha value is -1.69. The standard InChI is InChI=1S/C21H25F2N/c22-20-12-11-19(14-21(20)23)18-9-7-17(8-10-18)16-5-3-15(4-6-16)2-1-13-24/h1-2,11-12,14-18H,3-10H2/t15-,16-,17-,18-. The van der Waals surface area contributed by atoms with Crippen LogP contribution in [0.1, 0.15) is 62.8 Å². The minimum Gasteiger partial charge on any atom is -0.204 e. The molecule has 0 aromatic heterocycles. The largest absolute Gasteiger partial charge is 0.204 e. The summed E-state index contributed by atoms with van der Waals surface area (Å²) in [6.07, 6.45) is 13.2. The molecule has 0 amide bonds. The van der Waals surface area contributed by atoms with E-state index in [9.17, 15) is 8.78 Å². The first kappa shape index (κ1) is 17.1. The highest BCUT2D eigenvalue weighted by molar-refractivity contribution is 5.22. The van der Waals surface area contributed by atoms with Crippen LogP contribution in [0.15, 0.2) is 30.4 Å². The van der Waals surface area contributed by atoms with E-state index in [1.165, 1.54) is 50.7 Å². The number of hydrogen-bond donors (Lipinski definition) is 0. The Morgan fingerprint density at radius 1 is 0.875 bits per heavy atom. The molecule has 24 heavy (non-hydrogen) atoms. The van der Waals surface area contributed by atoms with E-state index in [4.69, 9.17) is 5.26 Å². The number of halogens is 2. The highest BCUT2D eigenvalue weighted by atomic mass is 19.2. The predicted octanol–water partition coefficient (Wildman–Crippen LogP) is 6.12. The molecule has 0 N–H and O–H groups in total. The summed E-state index contributed by atoms with van der Waals surface area (Å²) in [6.45, 7) is 0. The zero-order valence-corrected chi connectivity index (χ0v) is 14.1. The van der Waals surface area contributed by atoms with Gasteiger partial charge in [-0.15, -0.1) is 0 Å². The molecule has 1 nitrogen and oxygen atoms in total. The summed E-state index contributed by atoms with van der Waals surface area (Å²) in [4.78, 5) is 0. The van der Waals surface area contributed by atoms with Gasteiger partial charge < -0.3 is 0 Å². The van der Waals surface area contributed by atoms with E-state index in [0.29, 0.717) is 11.8 Å². The number of benzene rings is 1. The molecule has 0 bridgehead atoms. The highest BCUT2D eigenvalue weighted by Crippen LogP contribution is 2.44. The van der Waals surface area contributed by atoms with E-state index in [-0.39, 0.29) is 0 Å². The van der Waals surface area contributed by atoms with Gasteiger partial charge in [0, 0.05) is 6.08 Å². The predicted molar refractivity (Wildman–Crippen MR) is 91.3 cm³/mol. The van der Waals surface area contributed by atoms with Gasteiger partial charge in [0.05, 0.1) is 6.07 Å². The molecule has 0 heterocycles. The number of nitrogens with zero attached hydrogens (tertiary/aromatic N) is 1. The normalized spacial score (nSPS) is 31.0. The maximum absolute atomic E-state index is 13.4. The van der Waals surface area contributed by atoms with Crippen LogP contribution in [-0.2, 0) is 0 Å². The summed E-state index contributed by atoms with van der Waals surface area (Å²) >= 11 is 0. The third kappa shape index (κ3) is 4.04. The molecule has 2 aliphatic rings. The van der Waals surface area contributed by atoms with Crippen LogP contribution in [0.4, 0.5) is 8.78 Å². The second kappa shape index (κ2) is 7.92. The van der Waals surface area contributed by atoms with Crippen molar-refractivity contribution in [2.45, 2.75) is 57.3 Å². The first-order valence-corrected chi connectivity index (χ1v) is 9.18. The van der Waals surface area contributed by atoms with Crippen LogP contribution in [0, 0.1) is 40.7 Å². The number of allylic oxidation sites excluding steroid dienone is 2. The molecule has 1 aromatic rings. The van der Waals surface area contributed by atoms with Crippen molar-refractivity contribution in [3.63, 3.8) is 0 Å². The average Bonchev–Trinajstić information content (AvgIpc) is 2.63. The van der Waals surface area contributed by atoms with Gasteiger partial charge in [0.1, 0.15) is 0 Å². The van der Waals surface area contributed by atoms with E-state index >= 15 is 0 Å². The van der Waals surface area contributed by atoms with Crippen LogP contribution in [0.5, 0.6) is 0 Å². The lowest BCUT2D eigenvalue weighted by Gasteiger charge is -2.37. The Balaban J connectivity index is 1.50. The Labute approximate surface area is 143 Å². The van der Waals surface area contributed by atoms with Crippen molar-refractivity contribution in [3.8, 4) is 6.07 Å². The lowest BCUT2D eigenvalue weighted by atomic mass is 9.68. The highest BCUT2D eigenvalue weighted by Gasteiger charge is 2.30. The number of nitriles is 1. The van der Waals surface area contributed by atoms with E-state index in [2.05, 4.69) is 12.1 Å². The Kier molecular flexibility index (Phi) is 5.66. The van der Waals surface area contributed by atoms with Crippen molar-refractivity contribution in [2.24, 2.45) is 17.8 Å². The molecular weight excluding hydrogens is 304 g/mol. The van der Waals surface area contributed by atoms with Crippen LogP contribution in [0.2, 0.25) is 0 Å². The molecule has 0 spiro atoms. The molecule has 0 aliphatic heterocycles. The molecule has 2 saturated carbocycles. The molecule has 0 radical (unpaired) electrons. The molecular formula is C21H25F2N. The van der Waals surface area contributed by atoms with Gasteiger partial charge in [-0.05, 0) is 92.7 Å². The zero-order valence-electron chi connectivity index (χ0n) is 14.1. The fourth-order valence-electron chi connectivity index (χ4n) is 4.68. The first-order chi connectivity index (χ1) is 11.7. The summed E-state index contributed by atoms with van der Waals surface area (Å²) in [5, 5.41) is 8.62. The third-order valence-electron chi connectivity index (χ3n) is 6.11. The van der Waals surface area contributed by atoms with Crippen LogP contribution < -0.4 is 0 Å². The van der Waals surface area contributed by atoms with E-state index < -0.39 is 11.6 Å². The van der Waals surface area contributed by atoms with Gasteiger partial charge >= 0.3 is 0 Å². The zero-order chi connectivity index (χ0) is 16.9. The van der Waals surface area contributed by atoms with Gasteiger partial charge in [0.15, 0.2) is 11.6 Å². The molecule has 0 saturated heterocycles. The molecule has 3 rings (SSSR count). The van der Waals surface area contributed by atoms with Crippen LogP contribution >= 0.6 is 0 Å². The summed E-state index contributed by atoms with van der Waals surface area (Å²) in [7, 11) is 0. The fraction of sp³-hybridized carbons (Fsp3) is 0.571. The van der Waals surface area contributed by atoms with Crippen molar-refractivity contribution in [2.75, 3.05) is 0 Å². The fourth-order valence-corrected chi connectivity index (χ4v) is 4.68. The quantitative estimate of drug-likeness (QED) is 0.612. The number of hydrogen-bond acceptors (Lipinski definition) is 1. The van der Waals surface area contributed by atoms with Gasteiger partial charge in [0.2, 0.25) is 0 Å².